The number of hydrogen-bond acceptors (Lipinski definition) is 4. The van der Waals surface area contributed by atoms with Gasteiger partial charge in [-0.25, -0.2) is 0 Å². The van der Waals surface area contributed by atoms with Gasteiger partial charge >= 0.3 is 0 Å². The van der Waals surface area contributed by atoms with Crippen LogP contribution in [-0.2, 0) is 9.59 Å². The van der Waals surface area contributed by atoms with E-state index in [2.05, 4.69) is 5.32 Å². The van der Waals surface area contributed by atoms with E-state index in [4.69, 9.17) is 10.5 Å². The lowest BCUT2D eigenvalue weighted by molar-refractivity contribution is -0.120. The molecule has 0 aliphatic carbocycles. The van der Waals surface area contributed by atoms with Gasteiger partial charge in [0.05, 0.1) is 0 Å². The third-order valence-corrected chi connectivity index (χ3v) is 4.90. The lowest BCUT2D eigenvalue weighted by Gasteiger charge is -2.18. The average Bonchev–Trinajstić information content (AvgIpc) is 3.27. The Kier molecular flexibility index (Phi) is 6.85. The van der Waals surface area contributed by atoms with Gasteiger partial charge in [0.25, 0.3) is 11.8 Å². The molecule has 0 aromatic heterocycles. The molecule has 0 radical (unpaired) electrons. The van der Waals surface area contributed by atoms with Crippen LogP contribution in [0.3, 0.4) is 0 Å². The predicted molar refractivity (Wildman–Crippen MR) is 115 cm³/mol. The third kappa shape index (κ3) is 5.47. The maximum Gasteiger partial charge on any atom is 0.255 e. The Labute approximate surface area is 175 Å². The van der Waals surface area contributed by atoms with Crippen LogP contribution in [0.2, 0.25) is 0 Å². The molecule has 156 valence electrons. The van der Waals surface area contributed by atoms with Crippen molar-refractivity contribution in [2.24, 2.45) is 5.73 Å². The summed E-state index contributed by atoms with van der Waals surface area (Å²) in [5.74, 6) is -0.309. The van der Waals surface area contributed by atoms with Crippen molar-refractivity contribution in [1.29, 1.82) is 0 Å². The summed E-state index contributed by atoms with van der Waals surface area (Å²) in [7, 11) is 0. The molecule has 0 atom stereocenters. The van der Waals surface area contributed by atoms with Gasteiger partial charge in [0.15, 0.2) is 6.61 Å². The second-order valence-corrected chi connectivity index (χ2v) is 7.12. The van der Waals surface area contributed by atoms with E-state index < -0.39 is 5.91 Å². The second kappa shape index (κ2) is 9.73. The molecule has 2 aromatic carbocycles. The third-order valence-electron chi connectivity index (χ3n) is 4.90. The van der Waals surface area contributed by atoms with E-state index in [1.54, 1.807) is 48.5 Å². The standard InChI is InChI=1S/C23H25N3O4/c1-16-19(23(29)26-13-2-3-14-26)5-4-6-20(16)25-22(28)12-9-17-7-10-18(11-8-17)30-15-21(24)27/h4-12H,2-3,13-15H2,1H3,(H2,24,27)(H,25,28)/b12-9+. The van der Waals surface area contributed by atoms with Gasteiger partial charge in [-0.2, -0.15) is 0 Å². The van der Waals surface area contributed by atoms with Crippen LogP contribution in [0.5, 0.6) is 5.75 Å². The summed E-state index contributed by atoms with van der Waals surface area (Å²) in [6.07, 6.45) is 5.16. The molecule has 2 aromatic rings. The Hall–Kier alpha value is -3.61. The van der Waals surface area contributed by atoms with E-state index in [0.29, 0.717) is 17.0 Å². The number of nitrogens with zero attached hydrogens (tertiary/aromatic N) is 1. The number of hydrogen-bond donors (Lipinski definition) is 2. The molecule has 3 amide bonds. The van der Waals surface area contributed by atoms with Gasteiger partial charge in [0.2, 0.25) is 5.91 Å². The molecule has 7 nitrogen and oxygen atoms in total. The van der Waals surface area contributed by atoms with Crippen molar-refractivity contribution < 1.29 is 19.1 Å². The second-order valence-electron chi connectivity index (χ2n) is 7.12. The van der Waals surface area contributed by atoms with Crippen LogP contribution in [0.4, 0.5) is 5.69 Å². The summed E-state index contributed by atoms with van der Waals surface area (Å²) in [5, 5.41) is 2.84. The van der Waals surface area contributed by atoms with Gasteiger partial charge in [-0.1, -0.05) is 18.2 Å². The number of anilines is 1. The lowest BCUT2D eigenvalue weighted by atomic mass is 10.1. The first kappa shape index (κ1) is 21.1. The highest BCUT2D eigenvalue weighted by molar-refractivity contribution is 6.04. The summed E-state index contributed by atoms with van der Waals surface area (Å²) < 4.78 is 5.20. The quantitative estimate of drug-likeness (QED) is 0.689. The Morgan fingerprint density at radius 2 is 1.80 bits per heavy atom. The molecule has 30 heavy (non-hydrogen) atoms. The predicted octanol–water partition coefficient (Wildman–Crippen LogP) is 2.75. The smallest absolute Gasteiger partial charge is 0.255 e. The number of likely N-dealkylation sites (tertiary alicyclic amines) is 1. The molecule has 7 heteroatoms. The summed E-state index contributed by atoms with van der Waals surface area (Å²) in [4.78, 5) is 37.6. The number of nitrogens with two attached hydrogens (primary N) is 1. The number of carbonyl (C=O) groups is 3. The first-order valence-electron chi connectivity index (χ1n) is 9.83. The van der Waals surface area contributed by atoms with Gasteiger partial charge in [-0.05, 0) is 61.2 Å². The van der Waals surface area contributed by atoms with Gasteiger partial charge in [0.1, 0.15) is 5.75 Å². The van der Waals surface area contributed by atoms with E-state index in [1.807, 2.05) is 11.8 Å². The Morgan fingerprint density at radius 3 is 2.47 bits per heavy atom. The minimum Gasteiger partial charge on any atom is -0.484 e. The molecule has 0 bridgehead atoms. The first-order valence-corrected chi connectivity index (χ1v) is 9.83. The SMILES string of the molecule is Cc1c(NC(=O)/C=C/c2ccc(OCC(N)=O)cc2)cccc1C(=O)N1CCCC1. The molecule has 1 fully saturated rings. The lowest BCUT2D eigenvalue weighted by Crippen LogP contribution is -2.28. The van der Waals surface area contributed by atoms with E-state index in [1.165, 1.54) is 6.08 Å². The van der Waals surface area contributed by atoms with Crippen molar-refractivity contribution >= 4 is 29.5 Å². The Morgan fingerprint density at radius 1 is 1.10 bits per heavy atom. The van der Waals surface area contributed by atoms with Crippen LogP contribution < -0.4 is 15.8 Å². The minimum atomic E-state index is -0.544. The first-order chi connectivity index (χ1) is 14.4. The topological polar surface area (TPSA) is 102 Å². The zero-order chi connectivity index (χ0) is 21.5. The van der Waals surface area contributed by atoms with Crippen LogP contribution >= 0.6 is 0 Å². The normalized spacial score (nSPS) is 13.4. The van der Waals surface area contributed by atoms with Gasteiger partial charge < -0.3 is 20.7 Å². The molecule has 1 aliphatic rings. The summed E-state index contributed by atoms with van der Waals surface area (Å²) >= 11 is 0. The molecular weight excluding hydrogens is 382 g/mol. The largest absolute Gasteiger partial charge is 0.484 e. The average molecular weight is 407 g/mol. The summed E-state index contributed by atoms with van der Waals surface area (Å²) in [5.41, 5.74) is 7.83. The fraction of sp³-hybridized carbons (Fsp3) is 0.261. The van der Waals surface area contributed by atoms with Crippen molar-refractivity contribution in [1.82, 2.24) is 4.90 Å². The van der Waals surface area contributed by atoms with Crippen LogP contribution in [0.15, 0.2) is 48.5 Å². The van der Waals surface area contributed by atoms with E-state index in [0.717, 1.165) is 37.1 Å². The van der Waals surface area contributed by atoms with Crippen molar-refractivity contribution in [3.63, 3.8) is 0 Å². The molecule has 0 saturated carbocycles. The Balaban J connectivity index is 1.62. The molecular formula is C23H25N3O4. The highest BCUT2D eigenvalue weighted by atomic mass is 16.5. The summed E-state index contributed by atoms with van der Waals surface area (Å²) in [6.45, 7) is 3.22. The van der Waals surface area contributed by atoms with Crippen molar-refractivity contribution in [3.05, 3.63) is 65.2 Å². The summed E-state index contributed by atoms with van der Waals surface area (Å²) in [6, 6.07) is 12.3. The number of primary amides is 1. The van der Waals surface area contributed by atoms with E-state index >= 15 is 0 Å². The number of carbonyl (C=O) groups excluding carboxylic acids is 3. The number of benzene rings is 2. The number of amides is 3. The fourth-order valence-electron chi connectivity index (χ4n) is 3.27. The van der Waals surface area contributed by atoms with Gasteiger partial charge in [-0.3, -0.25) is 14.4 Å². The van der Waals surface area contributed by atoms with Crippen LogP contribution in [0.1, 0.15) is 34.3 Å². The van der Waals surface area contributed by atoms with Crippen molar-refractivity contribution in [2.45, 2.75) is 19.8 Å². The van der Waals surface area contributed by atoms with Gasteiger partial charge in [0, 0.05) is 30.4 Å². The molecule has 1 saturated heterocycles. The number of nitrogens with one attached hydrogen (secondary N) is 1. The zero-order valence-electron chi connectivity index (χ0n) is 16.9. The van der Waals surface area contributed by atoms with Gasteiger partial charge in [-0.15, -0.1) is 0 Å². The Bertz CT molecular complexity index is 961. The number of ether oxygens (including phenoxy) is 1. The maximum absolute atomic E-state index is 12.7. The zero-order valence-corrected chi connectivity index (χ0v) is 16.9. The minimum absolute atomic E-state index is 0.00952. The van der Waals surface area contributed by atoms with Crippen LogP contribution in [-0.4, -0.2) is 42.3 Å². The molecule has 1 aliphatic heterocycles. The van der Waals surface area contributed by atoms with Crippen LogP contribution in [0.25, 0.3) is 6.08 Å². The van der Waals surface area contributed by atoms with Crippen molar-refractivity contribution in [2.75, 3.05) is 25.0 Å². The molecule has 3 rings (SSSR count). The highest BCUT2D eigenvalue weighted by Gasteiger charge is 2.21. The van der Waals surface area contributed by atoms with E-state index in [-0.39, 0.29) is 18.4 Å². The highest BCUT2D eigenvalue weighted by Crippen LogP contribution is 2.22. The van der Waals surface area contributed by atoms with Crippen LogP contribution in [0, 0.1) is 6.92 Å². The molecule has 3 N–H and O–H groups in total. The maximum atomic E-state index is 12.7. The van der Waals surface area contributed by atoms with Crippen molar-refractivity contribution in [3.8, 4) is 5.75 Å². The fourth-order valence-corrected chi connectivity index (χ4v) is 3.27. The monoisotopic (exact) mass is 407 g/mol. The number of rotatable bonds is 7. The molecule has 0 spiro atoms. The van der Waals surface area contributed by atoms with E-state index in [9.17, 15) is 14.4 Å². The molecule has 1 heterocycles. The molecule has 0 unspecified atom stereocenters.